The number of nitrogens with two attached hydrogens (primary N) is 1. The molecule has 0 atom stereocenters. The normalized spacial score (nSPS) is 11.2. The van der Waals surface area contributed by atoms with Gasteiger partial charge >= 0.3 is 6.18 Å². The van der Waals surface area contributed by atoms with Crippen LogP contribution in [0, 0.1) is 0 Å². The highest BCUT2D eigenvalue weighted by molar-refractivity contribution is 7.80. The van der Waals surface area contributed by atoms with Gasteiger partial charge in [0, 0.05) is 10.6 Å². The third-order valence-electron chi connectivity index (χ3n) is 2.59. The lowest BCUT2D eigenvalue weighted by atomic mass is 10.1. The lowest BCUT2D eigenvalue weighted by Gasteiger charge is -2.14. The molecule has 110 valence electrons. The Hall–Kier alpha value is -1.79. The van der Waals surface area contributed by atoms with E-state index in [9.17, 15) is 13.2 Å². The Bertz CT molecular complexity index is 688. The number of rotatable bonds is 3. The molecule has 0 aromatic heterocycles. The van der Waals surface area contributed by atoms with Crippen molar-refractivity contribution in [2.45, 2.75) is 6.18 Å². The van der Waals surface area contributed by atoms with Crippen LogP contribution in [0.5, 0.6) is 11.5 Å². The zero-order valence-electron chi connectivity index (χ0n) is 10.4. The molecule has 2 N–H and O–H groups in total. The maximum absolute atomic E-state index is 12.8. The van der Waals surface area contributed by atoms with Crippen molar-refractivity contribution in [3.8, 4) is 11.5 Å². The maximum atomic E-state index is 12.8. The summed E-state index contributed by atoms with van der Waals surface area (Å²) in [6, 6.07) is 9.73. The van der Waals surface area contributed by atoms with E-state index < -0.39 is 11.7 Å². The number of alkyl halides is 3. The van der Waals surface area contributed by atoms with E-state index >= 15 is 0 Å². The Morgan fingerprint density at radius 2 is 1.76 bits per heavy atom. The zero-order chi connectivity index (χ0) is 15.6. The second-order valence-electron chi connectivity index (χ2n) is 4.13. The molecule has 0 saturated heterocycles. The molecule has 0 bridgehead atoms. The minimum atomic E-state index is -4.53. The smallest absolute Gasteiger partial charge is 0.417 e. The Morgan fingerprint density at radius 1 is 1.10 bits per heavy atom. The van der Waals surface area contributed by atoms with Crippen molar-refractivity contribution >= 4 is 28.8 Å². The second-order valence-corrected chi connectivity index (χ2v) is 5.01. The molecule has 0 unspecified atom stereocenters. The first-order valence-corrected chi connectivity index (χ1v) is 6.50. The van der Waals surface area contributed by atoms with Gasteiger partial charge < -0.3 is 10.5 Å². The average molecular weight is 332 g/mol. The van der Waals surface area contributed by atoms with Gasteiger partial charge in [0.05, 0.1) is 5.56 Å². The fourth-order valence-corrected chi connectivity index (χ4v) is 2.05. The summed E-state index contributed by atoms with van der Waals surface area (Å²) in [5.41, 5.74) is 4.18. The topological polar surface area (TPSA) is 35.2 Å². The minimum Gasteiger partial charge on any atom is -0.457 e. The molecule has 2 nitrogen and oxygen atoms in total. The molecule has 2 rings (SSSR count). The predicted molar refractivity (Wildman–Crippen MR) is 78.9 cm³/mol. The SMILES string of the molecule is NC(=S)c1cc(Oc2cccc(Cl)c2)ccc1C(F)(F)F. The third kappa shape index (κ3) is 3.86. The average Bonchev–Trinajstić information content (AvgIpc) is 2.37. The first-order valence-electron chi connectivity index (χ1n) is 5.72. The van der Waals surface area contributed by atoms with E-state index in [4.69, 9.17) is 22.1 Å². The number of halogens is 4. The van der Waals surface area contributed by atoms with Gasteiger partial charge in [-0.3, -0.25) is 0 Å². The molecule has 0 aliphatic carbocycles. The summed E-state index contributed by atoms with van der Waals surface area (Å²) < 4.78 is 44.0. The van der Waals surface area contributed by atoms with Crippen LogP contribution in [-0.2, 0) is 6.18 Å². The molecule has 0 amide bonds. The summed E-state index contributed by atoms with van der Waals surface area (Å²) >= 11 is 10.5. The number of hydrogen-bond acceptors (Lipinski definition) is 2. The van der Waals surface area contributed by atoms with Crippen molar-refractivity contribution in [3.63, 3.8) is 0 Å². The number of ether oxygens (including phenoxy) is 1. The summed E-state index contributed by atoms with van der Waals surface area (Å²) in [7, 11) is 0. The minimum absolute atomic E-state index is 0.188. The lowest BCUT2D eigenvalue weighted by Crippen LogP contribution is -2.17. The molecule has 0 saturated carbocycles. The molecule has 21 heavy (non-hydrogen) atoms. The molecule has 0 radical (unpaired) electrons. The van der Waals surface area contributed by atoms with Gasteiger partial charge in [-0.25, -0.2) is 0 Å². The monoisotopic (exact) mass is 331 g/mol. The van der Waals surface area contributed by atoms with Crippen molar-refractivity contribution in [1.29, 1.82) is 0 Å². The van der Waals surface area contributed by atoms with E-state index in [2.05, 4.69) is 12.2 Å². The molecule has 0 spiro atoms. The molecular formula is C14H9ClF3NOS. The first-order chi connectivity index (χ1) is 9.77. The highest BCUT2D eigenvalue weighted by atomic mass is 35.5. The van der Waals surface area contributed by atoms with Crippen LogP contribution < -0.4 is 10.5 Å². The Balaban J connectivity index is 2.39. The summed E-state index contributed by atoms with van der Waals surface area (Å²) in [6.45, 7) is 0. The van der Waals surface area contributed by atoms with E-state index in [1.807, 2.05) is 0 Å². The van der Waals surface area contributed by atoms with Crippen molar-refractivity contribution in [1.82, 2.24) is 0 Å². The van der Waals surface area contributed by atoms with Crippen molar-refractivity contribution in [3.05, 3.63) is 58.6 Å². The quantitative estimate of drug-likeness (QED) is 0.822. The van der Waals surface area contributed by atoms with Crippen LogP contribution in [0.25, 0.3) is 0 Å². The summed E-state index contributed by atoms with van der Waals surface area (Å²) in [4.78, 5) is -0.348. The van der Waals surface area contributed by atoms with Crippen LogP contribution in [0.1, 0.15) is 11.1 Å². The molecule has 0 heterocycles. The lowest BCUT2D eigenvalue weighted by molar-refractivity contribution is -0.137. The predicted octanol–water partition coefficient (Wildman–Crippen LogP) is 4.79. The van der Waals surface area contributed by atoms with Crippen molar-refractivity contribution < 1.29 is 17.9 Å². The molecule has 7 heteroatoms. The largest absolute Gasteiger partial charge is 0.457 e. The first kappa shape index (κ1) is 15.6. The standard InChI is InChI=1S/C14H9ClF3NOS/c15-8-2-1-3-9(6-8)20-10-4-5-12(14(16,17)18)11(7-10)13(19)21/h1-7H,(H2,19,21). The van der Waals surface area contributed by atoms with E-state index in [1.54, 1.807) is 24.3 Å². The second kappa shape index (κ2) is 5.91. The van der Waals surface area contributed by atoms with Gasteiger partial charge in [-0.15, -0.1) is 0 Å². The fraction of sp³-hybridized carbons (Fsp3) is 0.0714. The van der Waals surface area contributed by atoms with E-state index in [-0.39, 0.29) is 16.3 Å². The van der Waals surface area contributed by atoms with Gasteiger partial charge in [-0.1, -0.05) is 29.9 Å². The molecular weight excluding hydrogens is 323 g/mol. The molecule has 0 aliphatic rings. The van der Waals surface area contributed by atoms with E-state index in [1.165, 1.54) is 6.07 Å². The van der Waals surface area contributed by atoms with Gasteiger partial charge in [-0.05, 0) is 36.4 Å². The molecule has 0 fully saturated rings. The van der Waals surface area contributed by atoms with Crippen LogP contribution in [-0.4, -0.2) is 4.99 Å². The zero-order valence-corrected chi connectivity index (χ0v) is 12.0. The molecule has 2 aromatic carbocycles. The molecule has 2 aromatic rings. The highest BCUT2D eigenvalue weighted by Gasteiger charge is 2.34. The number of benzene rings is 2. The summed E-state index contributed by atoms with van der Waals surface area (Å²) in [6.07, 6.45) is -4.53. The Labute approximate surface area is 129 Å². The van der Waals surface area contributed by atoms with Gasteiger partial charge in [0.15, 0.2) is 0 Å². The van der Waals surface area contributed by atoms with Gasteiger partial charge in [0.1, 0.15) is 16.5 Å². The number of thiocarbonyl (C=S) groups is 1. The van der Waals surface area contributed by atoms with E-state index in [0.29, 0.717) is 10.8 Å². The molecule has 0 aliphatic heterocycles. The van der Waals surface area contributed by atoms with Gasteiger partial charge in [-0.2, -0.15) is 13.2 Å². The van der Waals surface area contributed by atoms with Crippen LogP contribution in [0.2, 0.25) is 5.02 Å². The van der Waals surface area contributed by atoms with Crippen LogP contribution >= 0.6 is 23.8 Å². The van der Waals surface area contributed by atoms with Crippen LogP contribution in [0.3, 0.4) is 0 Å². The third-order valence-corrected chi connectivity index (χ3v) is 3.05. The Morgan fingerprint density at radius 3 is 2.33 bits per heavy atom. The van der Waals surface area contributed by atoms with E-state index in [0.717, 1.165) is 12.1 Å². The summed E-state index contributed by atoms with van der Waals surface area (Å²) in [5, 5.41) is 0.453. The van der Waals surface area contributed by atoms with Gasteiger partial charge in [0.25, 0.3) is 0 Å². The van der Waals surface area contributed by atoms with Gasteiger partial charge in [0.2, 0.25) is 0 Å². The van der Waals surface area contributed by atoms with Crippen LogP contribution in [0.15, 0.2) is 42.5 Å². The van der Waals surface area contributed by atoms with Crippen molar-refractivity contribution in [2.24, 2.45) is 5.73 Å². The Kier molecular flexibility index (Phi) is 4.39. The van der Waals surface area contributed by atoms with Crippen LogP contribution in [0.4, 0.5) is 13.2 Å². The fourth-order valence-electron chi connectivity index (χ4n) is 1.70. The van der Waals surface area contributed by atoms with Crippen molar-refractivity contribution in [2.75, 3.05) is 0 Å². The summed E-state index contributed by atoms with van der Waals surface area (Å²) in [5.74, 6) is 0.587. The highest BCUT2D eigenvalue weighted by Crippen LogP contribution is 2.35. The maximum Gasteiger partial charge on any atom is 0.417 e. The number of hydrogen-bond donors (Lipinski definition) is 1.